The number of rotatable bonds is 4. The Morgan fingerprint density at radius 1 is 1.41 bits per heavy atom. The zero-order chi connectivity index (χ0) is 15.7. The van der Waals surface area contributed by atoms with Gasteiger partial charge in [-0.05, 0) is 5.22 Å². The normalized spacial score (nSPS) is 27.8. The van der Waals surface area contributed by atoms with E-state index in [0.29, 0.717) is 5.52 Å². The quantitative estimate of drug-likeness (QED) is 0.209. The number of aliphatic hydroxyl groups is 3. The molecule has 0 spiro atoms. The predicted molar refractivity (Wildman–Crippen MR) is 71.2 cm³/mol. The summed E-state index contributed by atoms with van der Waals surface area (Å²) < 4.78 is 5.36. The molecule has 1 saturated heterocycles. The number of aromatic amines is 1. The SMILES string of the molecule is [N-]=[N+]=NNc1nc(C2O[C@H](CO)[C@@H](O)[C@@H]2O)nc2nc[nH]c12. The minimum Gasteiger partial charge on any atom is -0.394 e. The first-order valence-electron chi connectivity index (χ1n) is 6.29. The molecule has 1 aliphatic heterocycles. The Morgan fingerprint density at radius 2 is 2.23 bits per heavy atom. The largest absolute Gasteiger partial charge is 0.394 e. The van der Waals surface area contributed by atoms with Gasteiger partial charge >= 0.3 is 0 Å². The number of azide groups is 1. The van der Waals surface area contributed by atoms with Crippen LogP contribution in [0.5, 0.6) is 0 Å². The third-order valence-corrected chi connectivity index (χ3v) is 3.30. The van der Waals surface area contributed by atoms with Crippen LogP contribution < -0.4 is 5.43 Å². The fourth-order valence-corrected chi connectivity index (χ4v) is 2.24. The Hall–Kier alpha value is -2.50. The Bertz CT molecular complexity index is 729. The lowest BCUT2D eigenvalue weighted by atomic mass is 10.1. The summed E-state index contributed by atoms with van der Waals surface area (Å²) in [4.78, 5) is 17.6. The molecule has 0 bridgehead atoms. The van der Waals surface area contributed by atoms with Crippen LogP contribution in [0, 0.1) is 0 Å². The van der Waals surface area contributed by atoms with Crippen molar-refractivity contribution in [2.45, 2.75) is 24.4 Å². The highest BCUT2D eigenvalue weighted by Crippen LogP contribution is 2.33. The van der Waals surface area contributed by atoms with E-state index in [2.05, 4.69) is 35.5 Å². The summed E-state index contributed by atoms with van der Waals surface area (Å²) in [6.07, 6.45) is -3.17. The maximum Gasteiger partial charge on any atom is 0.251 e. The van der Waals surface area contributed by atoms with E-state index < -0.39 is 31.0 Å². The first kappa shape index (κ1) is 14.4. The molecule has 5 N–H and O–H groups in total. The van der Waals surface area contributed by atoms with Gasteiger partial charge in [-0.1, -0.05) is 0 Å². The third-order valence-electron chi connectivity index (χ3n) is 3.30. The zero-order valence-corrected chi connectivity index (χ0v) is 11.0. The first-order valence-corrected chi connectivity index (χ1v) is 6.29. The fourth-order valence-electron chi connectivity index (χ4n) is 2.24. The number of nitrogens with zero attached hydrogens (tertiary/aromatic N) is 6. The van der Waals surface area contributed by atoms with Crippen molar-refractivity contribution in [2.75, 3.05) is 12.0 Å². The van der Waals surface area contributed by atoms with Gasteiger partial charge in [0.2, 0.25) is 0 Å². The molecule has 1 fully saturated rings. The maximum absolute atomic E-state index is 10.0. The summed E-state index contributed by atoms with van der Waals surface area (Å²) in [5.41, 5.74) is 11.4. The summed E-state index contributed by atoms with van der Waals surface area (Å²) in [5, 5.41) is 32.1. The average molecular weight is 308 g/mol. The number of aliphatic hydroxyl groups excluding tert-OH is 3. The molecule has 0 saturated carbocycles. The lowest BCUT2D eigenvalue weighted by molar-refractivity contribution is -0.0251. The van der Waals surface area contributed by atoms with Gasteiger partial charge in [0.25, 0.3) is 5.82 Å². The van der Waals surface area contributed by atoms with Gasteiger partial charge in [-0.15, -0.1) is 5.53 Å². The molecule has 0 aliphatic carbocycles. The van der Waals surface area contributed by atoms with Crippen LogP contribution in [0.2, 0.25) is 0 Å². The molecule has 12 heteroatoms. The summed E-state index contributed by atoms with van der Waals surface area (Å²) in [6, 6.07) is 0. The molecular weight excluding hydrogens is 296 g/mol. The van der Waals surface area contributed by atoms with Crippen molar-refractivity contribution in [3.05, 3.63) is 22.6 Å². The molecule has 12 nitrogen and oxygen atoms in total. The van der Waals surface area contributed by atoms with E-state index in [0.717, 1.165) is 0 Å². The second-order valence-corrected chi connectivity index (χ2v) is 4.59. The number of aromatic nitrogens is 4. The van der Waals surface area contributed by atoms with Crippen molar-refractivity contribution in [1.29, 1.82) is 0 Å². The molecule has 0 aromatic carbocycles. The van der Waals surface area contributed by atoms with Crippen molar-refractivity contribution in [2.24, 2.45) is 5.22 Å². The molecule has 22 heavy (non-hydrogen) atoms. The summed E-state index contributed by atoms with van der Waals surface area (Å²) in [5.74, 6) is 0.186. The van der Waals surface area contributed by atoms with Crippen molar-refractivity contribution in [3.63, 3.8) is 0 Å². The van der Waals surface area contributed by atoms with Crippen LogP contribution in [0.1, 0.15) is 11.9 Å². The molecule has 0 radical (unpaired) electrons. The van der Waals surface area contributed by atoms with Crippen molar-refractivity contribution >= 4 is 17.0 Å². The smallest absolute Gasteiger partial charge is 0.251 e. The Balaban J connectivity index is 2.02. The highest BCUT2D eigenvalue weighted by Gasteiger charge is 2.44. The lowest BCUT2D eigenvalue weighted by Gasteiger charge is -2.13. The van der Waals surface area contributed by atoms with Crippen molar-refractivity contribution in [3.8, 4) is 0 Å². The van der Waals surface area contributed by atoms with Crippen LogP contribution in [0.15, 0.2) is 11.6 Å². The number of fused-ring (bicyclic) bond motifs is 1. The van der Waals surface area contributed by atoms with E-state index in [9.17, 15) is 10.2 Å². The van der Waals surface area contributed by atoms with Crippen LogP contribution in [0.3, 0.4) is 0 Å². The summed E-state index contributed by atoms with van der Waals surface area (Å²) in [6.45, 7) is -0.455. The first-order chi connectivity index (χ1) is 10.7. The zero-order valence-electron chi connectivity index (χ0n) is 11.0. The number of anilines is 1. The second-order valence-electron chi connectivity index (χ2n) is 4.59. The van der Waals surface area contributed by atoms with Gasteiger partial charge in [-0.2, -0.15) is 9.90 Å². The van der Waals surface area contributed by atoms with Gasteiger partial charge < -0.3 is 25.0 Å². The third kappa shape index (κ3) is 2.30. The van der Waals surface area contributed by atoms with Crippen molar-refractivity contribution < 1.29 is 20.1 Å². The van der Waals surface area contributed by atoms with E-state index in [1.807, 2.05) is 0 Å². The number of ether oxygens (including phenoxy) is 1. The highest BCUT2D eigenvalue weighted by atomic mass is 16.6. The number of nitrogens with one attached hydrogen (secondary N) is 2. The Labute approximate surface area is 122 Å². The fraction of sp³-hybridized carbons (Fsp3) is 0.500. The number of imidazole rings is 1. The summed E-state index contributed by atoms with van der Waals surface area (Å²) in [7, 11) is 0. The van der Waals surface area contributed by atoms with Gasteiger partial charge in [-0.25, -0.2) is 15.4 Å². The van der Waals surface area contributed by atoms with E-state index in [-0.39, 0.29) is 17.3 Å². The van der Waals surface area contributed by atoms with Crippen molar-refractivity contribution in [1.82, 2.24) is 19.9 Å². The molecular formula is C10H12N8O4. The molecule has 116 valence electrons. The van der Waals surface area contributed by atoms with Gasteiger partial charge in [0.15, 0.2) is 17.0 Å². The standard InChI is InChI=1S/C10H12N8O4/c11-17-18-16-9-4-8(13-2-12-4)14-10(15-9)7-6(21)5(20)3(1-19)22-7/h2-3,5-7,19-21H,1H2,(H2,12,13,14,15,16)/t3-,5-,6+,7?/m1/s1. The second kappa shape index (κ2) is 5.71. The molecule has 1 unspecified atom stereocenters. The van der Waals surface area contributed by atoms with Gasteiger partial charge in [0.05, 0.1) is 12.9 Å². The van der Waals surface area contributed by atoms with Crippen LogP contribution in [-0.4, -0.2) is 60.2 Å². The predicted octanol–water partition coefficient (Wildman–Crippen LogP) is -0.856. The lowest BCUT2D eigenvalue weighted by Crippen LogP contribution is -2.32. The number of hydrogen-bond acceptors (Lipinski definition) is 8. The summed E-state index contributed by atoms with van der Waals surface area (Å²) >= 11 is 0. The molecule has 0 amide bonds. The maximum atomic E-state index is 10.0. The highest BCUT2D eigenvalue weighted by molar-refractivity contribution is 5.82. The van der Waals surface area contributed by atoms with Crippen LogP contribution in [-0.2, 0) is 4.74 Å². The molecule has 2 aromatic rings. The topological polar surface area (TPSA) is 185 Å². The van der Waals surface area contributed by atoms with E-state index in [1.54, 1.807) is 0 Å². The van der Waals surface area contributed by atoms with Gasteiger partial charge in [0.1, 0.15) is 24.4 Å². The molecule has 2 aromatic heterocycles. The Morgan fingerprint density at radius 3 is 2.91 bits per heavy atom. The molecule has 1 aliphatic rings. The molecule has 3 rings (SSSR count). The minimum absolute atomic E-state index is 0.0396. The van der Waals surface area contributed by atoms with E-state index in [1.165, 1.54) is 6.33 Å². The van der Waals surface area contributed by atoms with Crippen LogP contribution >= 0.6 is 0 Å². The van der Waals surface area contributed by atoms with E-state index in [4.69, 9.17) is 15.4 Å². The van der Waals surface area contributed by atoms with Crippen LogP contribution in [0.4, 0.5) is 5.82 Å². The Kier molecular flexibility index (Phi) is 3.75. The monoisotopic (exact) mass is 308 g/mol. The molecule has 4 atom stereocenters. The van der Waals surface area contributed by atoms with E-state index >= 15 is 0 Å². The van der Waals surface area contributed by atoms with Gasteiger partial charge in [0, 0.05) is 0 Å². The number of hydrogen-bond donors (Lipinski definition) is 5. The average Bonchev–Trinajstić information content (AvgIpc) is 3.10. The van der Waals surface area contributed by atoms with Gasteiger partial charge in [-0.3, -0.25) is 0 Å². The molecule has 3 heterocycles. The minimum atomic E-state index is -1.30. The number of H-pyrrole nitrogens is 1. The van der Waals surface area contributed by atoms with Crippen LogP contribution in [0.25, 0.3) is 21.6 Å².